The maximum absolute atomic E-state index is 12.4. The Bertz CT molecular complexity index is 788. The number of hydrogen-bond donors (Lipinski definition) is 0. The lowest BCUT2D eigenvalue weighted by Gasteiger charge is -2.46. The first-order valence-electron chi connectivity index (χ1n) is 9.56. The van der Waals surface area contributed by atoms with E-state index in [9.17, 15) is 4.79 Å². The van der Waals surface area contributed by atoms with Crippen molar-refractivity contribution in [1.82, 2.24) is 9.88 Å². The minimum Gasteiger partial charge on any atom is -0.423 e. The van der Waals surface area contributed by atoms with E-state index < -0.39 is 0 Å². The lowest BCUT2D eigenvalue weighted by Crippen LogP contribution is -2.56. The number of ether oxygens (including phenoxy) is 1. The summed E-state index contributed by atoms with van der Waals surface area (Å²) < 4.78 is 11.1. The van der Waals surface area contributed by atoms with Crippen LogP contribution in [0.4, 0.5) is 6.01 Å². The van der Waals surface area contributed by atoms with Crippen molar-refractivity contribution in [3.8, 4) is 0 Å². The molecule has 6 heteroatoms. The minimum atomic E-state index is 0.299. The van der Waals surface area contributed by atoms with Crippen LogP contribution in [0, 0.1) is 12.8 Å². The van der Waals surface area contributed by atoms with Gasteiger partial charge in [0.25, 0.3) is 6.01 Å². The minimum absolute atomic E-state index is 0.299. The zero-order chi connectivity index (χ0) is 18.1. The van der Waals surface area contributed by atoms with E-state index in [4.69, 9.17) is 14.1 Å². The summed E-state index contributed by atoms with van der Waals surface area (Å²) >= 11 is 0. The number of oxazole rings is 1. The molecule has 0 aliphatic carbocycles. The number of benzene rings is 1. The monoisotopic (exact) mass is 357 g/mol. The number of aryl methyl sites for hydroxylation is 1. The third-order valence-electron chi connectivity index (χ3n) is 5.69. The highest BCUT2D eigenvalue weighted by atomic mass is 16.5. The van der Waals surface area contributed by atoms with Crippen molar-refractivity contribution in [2.24, 2.45) is 5.92 Å². The molecular formula is C20H27N3O3. The van der Waals surface area contributed by atoms with Gasteiger partial charge in [0.1, 0.15) is 5.52 Å². The number of likely N-dealkylation sites (tertiary alicyclic amines) is 1. The van der Waals surface area contributed by atoms with Crippen molar-refractivity contribution >= 4 is 23.0 Å². The van der Waals surface area contributed by atoms with Crippen molar-refractivity contribution in [2.75, 3.05) is 38.3 Å². The zero-order valence-electron chi connectivity index (χ0n) is 15.6. The molecule has 0 bridgehead atoms. The van der Waals surface area contributed by atoms with Gasteiger partial charge >= 0.3 is 0 Å². The van der Waals surface area contributed by atoms with Crippen molar-refractivity contribution in [1.29, 1.82) is 0 Å². The Morgan fingerprint density at radius 1 is 1.35 bits per heavy atom. The van der Waals surface area contributed by atoms with Gasteiger partial charge in [-0.3, -0.25) is 4.79 Å². The van der Waals surface area contributed by atoms with Gasteiger partial charge < -0.3 is 19.0 Å². The summed E-state index contributed by atoms with van der Waals surface area (Å²) in [5, 5.41) is 0. The summed E-state index contributed by atoms with van der Waals surface area (Å²) in [6, 6.07) is 7.16. The number of nitrogens with zero attached hydrogens (tertiary/aromatic N) is 3. The van der Waals surface area contributed by atoms with Crippen molar-refractivity contribution in [3.63, 3.8) is 0 Å². The Hall–Kier alpha value is -2.08. The SMILES string of the molecule is COCCCN1C(=O)CC[C@H]2CN(c3nc4cc(C)ccc4o3)CC[C@H]21. The number of fused-ring (bicyclic) bond motifs is 2. The number of amides is 1. The van der Waals surface area contributed by atoms with Crippen LogP contribution in [0.5, 0.6) is 0 Å². The number of hydrogen-bond acceptors (Lipinski definition) is 5. The van der Waals surface area contributed by atoms with Gasteiger partial charge in [-0.15, -0.1) is 0 Å². The van der Waals surface area contributed by atoms with E-state index in [1.807, 2.05) is 12.1 Å². The number of methoxy groups -OCH3 is 1. The van der Waals surface area contributed by atoms with E-state index in [2.05, 4.69) is 22.8 Å². The maximum Gasteiger partial charge on any atom is 0.298 e. The van der Waals surface area contributed by atoms with Gasteiger partial charge in [-0.25, -0.2) is 0 Å². The maximum atomic E-state index is 12.4. The Labute approximate surface area is 154 Å². The van der Waals surface area contributed by atoms with Gasteiger partial charge in [0, 0.05) is 45.8 Å². The summed E-state index contributed by atoms with van der Waals surface area (Å²) in [4.78, 5) is 21.4. The summed E-state index contributed by atoms with van der Waals surface area (Å²) in [5.41, 5.74) is 2.95. The van der Waals surface area contributed by atoms with Gasteiger partial charge in [-0.1, -0.05) is 6.07 Å². The predicted molar refractivity (Wildman–Crippen MR) is 100 cm³/mol. The van der Waals surface area contributed by atoms with Crippen LogP contribution in [0.1, 0.15) is 31.2 Å². The quantitative estimate of drug-likeness (QED) is 0.770. The molecular weight excluding hydrogens is 330 g/mol. The summed E-state index contributed by atoms with van der Waals surface area (Å²) in [5.74, 6) is 0.786. The van der Waals surface area contributed by atoms with Gasteiger partial charge in [0.15, 0.2) is 5.58 Å². The summed E-state index contributed by atoms with van der Waals surface area (Å²) in [6.45, 7) is 5.35. The van der Waals surface area contributed by atoms with Crippen LogP contribution in [0.15, 0.2) is 22.6 Å². The lowest BCUT2D eigenvalue weighted by molar-refractivity contribution is -0.139. The molecule has 2 aliphatic rings. The second kappa shape index (κ2) is 7.27. The second-order valence-corrected chi connectivity index (χ2v) is 7.50. The molecule has 4 rings (SSSR count). The second-order valence-electron chi connectivity index (χ2n) is 7.50. The van der Waals surface area contributed by atoms with Gasteiger partial charge in [0.05, 0.1) is 0 Å². The topological polar surface area (TPSA) is 58.8 Å². The number of piperidine rings is 2. The van der Waals surface area contributed by atoms with E-state index in [-0.39, 0.29) is 0 Å². The molecule has 6 nitrogen and oxygen atoms in total. The molecule has 1 aromatic heterocycles. The molecule has 0 N–H and O–H groups in total. The molecule has 2 fully saturated rings. The first kappa shape index (κ1) is 17.3. The summed E-state index contributed by atoms with van der Waals surface area (Å²) in [7, 11) is 1.71. The van der Waals surface area contributed by atoms with Gasteiger partial charge in [-0.2, -0.15) is 4.98 Å². The number of rotatable bonds is 5. The van der Waals surface area contributed by atoms with Crippen molar-refractivity contribution < 1.29 is 13.9 Å². The van der Waals surface area contributed by atoms with Crippen LogP contribution >= 0.6 is 0 Å². The molecule has 0 spiro atoms. The molecule has 3 heterocycles. The average molecular weight is 357 g/mol. The van der Waals surface area contributed by atoms with Crippen LogP contribution in [0.25, 0.3) is 11.1 Å². The van der Waals surface area contributed by atoms with Crippen LogP contribution in [0.2, 0.25) is 0 Å². The van der Waals surface area contributed by atoms with Crippen molar-refractivity contribution in [2.45, 2.75) is 38.6 Å². The van der Waals surface area contributed by atoms with Crippen molar-refractivity contribution in [3.05, 3.63) is 23.8 Å². The molecule has 26 heavy (non-hydrogen) atoms. The molecule has 2 atom stereocenters. The molecule has 2 saturated heterocycles. The number of carbonyl (C=O) groups excluding carboxylic acids is 1. The van der Waals surface area contributed by atoms with E-state index in [1.54, 1.807) is 7.11 Å². The Morgan fingerprint density at radius 2 is 2.23 bits per heavy atom. The standard InChI is InChI=1S/C20H27N3O3/c1-14-4-6-18-16(12-14)21-20(26-18)22-10-8-17-15(13-22)5-7-19(24)23(17)9-3-11-25-2/h4,6,12,15,17H,3,5,7-11,13H2,1-2H3/t15-,17+/m0/s1. The fraction of sp³-hybridized carbons (Fsp3) is 0.600. The lowest BCUT2D eigenvalue weighted by atomic mass is 9.83. The average Bonchev–Trinajstić information content (AvgIpc) is 3.06. The highest BCUT2D eigenvalue weighted by molar-refractivity contribution is 5.78. The normalized spacial score (nSPS) is 23.5. The predicted octanol–water partition coefficient (Wildman–Crippen LogP) is 2.99. The fourth-order valence-electron chi connectivity index (χ4n) is 4.36. The molecule has 1 amide bonds. The van der Waals surface area contributed by atoms with E-state index in [1.165, 1.54) is 5.56 Å². The zero-order valence-corrected chi connectivity index (χ0v) is 15.6. The molecule has 0 unspecified atom stereocenters. The number of aromatic nitrogens is 1. The molecule has 140 valence electrons. The summed E-state index contributed by atoms with van der Waals surface area (Å²) in [6.07, 6.45) is 3.48. The van der Waals surface area contributed by atoms with E-state index in [0.717, 1.165) is 50.0 Å². The van der Waals surface area contributed by atoms with Crippen LogP contribution in [-0.4, -0.2) is 55.2 Å². The third kappa shape index (κ3) is 3.30. The smallest absolute Gasteiger partial charge is 0.298 e. The molecule has 0 saturated carbocycles. The molecule has 0 radical (unpaired) electrons. The molecule has 2 aliphatic heterocycles. The van der Waals surface area contributed by atoms with Crippen LogP contribution < -0.4 is 4.90 Å². The highest BCUT2D eigenvalue weighted by Gasteiger charge is 2.39. The van der Waals surface area contributed by atoms with Gasteiger partial charge in [-0.05, 0) is 49.8 Å². The Balaban J connectivity index is 1.47. The fourth-order valence-corrected chi connectivity index (χ4v) is 4.36. The van der Waals surface area contributed by atoms with Crippen LogP contribution in [0.3, 0.4) is 0 Å². The largest absolute Gasteiger partial charge is 0.423 e. The molecule has 1 aromatic carbocycles. The van der Waals surface area contributed by atoms with E-state index >= 15 is 0 Å². The Kier molecular flexibility index (Phi) is 4.85. The first-order chi connectivity index (χ1) is 12.7. The Morgan fingerprint density at radius 3 is 3.08 bits per heavy atom. The third-order valence-corrected chi connectivity index (χ3v) is 5.69. The number of anilines is 1. The highest BCUT2D eigenvalue weighted by Crippen LogP contribution is 2.34. The first-order valence-corrected chi connectivity index (χ1v) is 9.56. The molecule has 2 aromatic rings. The van der Waals surface area contributed by atoms with E-state index in [0.29, 0.717) is 36.9 Å². The van der Waals surface area contributed by atoms with Gasteiger partial charge in [0.2, 0.25) is 5.91 Å². The number of carbonyl (C=O) groups is 1. The van der Waals surface area contributed by atoms with Crippen LogP contribution in [-0.2, 0) is 9.53 Å².